The number of fused-ring (bicyclic) bond motifs is 2. The van der Waals surface area contributed by atoms with Crippen molar-refractivity contribution in [2.75, 3.05) is 71.3 Å². The minimum absolute atomic E-state index is 0.0463. The third kappa shape index (κ3) is 10.7. The van der Waals surface area contributed by atoms with Crippen LogP contribution < -0.4 is 60.7 Å². The monoisotopic (exact) mass is 992 g/mol. The SMILES string of the molecule is COc1cc(-n2cnc(Nc3nc(Cl)nn4cccc34)c2)cc(OC)c1OC.COc1cc(-n2cnc(Nc3nc(N4CCC[C@H]4C(N)=O)nn4cccc34)c2)cc(OC)c1OC.NC(=O)[C@@H]1CCCN1. The number of halogens is 1. The Labute approximate surface area is 411 Å². The smallest absolute Gasteiger partial charge is 0.246 e. The average molecular weight is 993 g/mol. The molecule has 2 saturated heterocycles. The molecule has 0 radical (unpaired) electrons. The molecule has 7 N–H and O–H groups in total. The van der Waals surface area contributed by atoms with Gasteiger partial charge in [0, 0.05) is 43.2 Å². The van der Waals surface area contributed by atoms with Gasteiger partial charge >= 0.3 is 0 Å². The Kier molecular flexibility index (Phi) is 15.1. The zero-order chi connectivity index (χ0) is 50.2. The van der Waals surface area contributed by atoms with Crippen LogP contribution in [0, 0.1) is 0 Å². The van der Waals surface area contributed by atoms with Gasteiger partial charge in [0.25, 0.3) is 0 Å². The number of primary amides is 2. The lowest BCUT2D eigenvalue weighted by Gasteiger charge is -2.22. The number of imidazole rings is 2. The molecule has 10 rings (SSSR count). The van der Waals surface area contributed by atoms with Crippen molar-refractivity contribution >= 4 is 63.7 Å². The standard InChI is InChI=1S/C23H26N8O4.C18H17ClN6O3.C5H10N2O/c1-33-17-10-14(11-18(34-2)20(17)35-3)29-12-19(25-13-29)26-22-16-7-5-9-31(16)28-23(27-22)30-8-4-6-15(30)21(24)32;1-26-13-7-11(8-14(27-2)16(13)28-3)24-9-15(20-10-24)21-17-12-5-4-6-25(12)23-18(19)22-17;6-5(8)4-2-1-3-7-4/h5,7,9-13,15H,4,6,8H2,1-3H3,(H2,24,32)(H,26,27,28);4-10H,1-3H3,(H,21,22,23);4,7H,1-3H2,(H2,6,8)/t15-;;4-/m0.0/s1. The second-order valence-electron chi connectivity index (χ2n) is 15.8. The number of benzene rings is 2. The number of ether oxygens (including phenoxy) is 6. The number of carbonyl (C=O) groups is 2. The van der Waals surface area contributed by atoms with Crippen molar-refractivity contribution in [2.24, 2.45) is 11.5 Å². The summed E-state index contributed by atoms with van der Waals surface area (Å²) in [5.74, 6) is 5.33. The van der Waals surface area contributed by atoms with Gasteiger partial charge in [0.05, 0.1) is 72.5 Å². The quantitative estimate of drug-likeness (QED) is 0.0931. The van der Waals surface area contributed by atoms with E-state index in [0.29, 0.717) is 76.7 Å². The topological polar surface area (TPSA) is 277 Å². The van der Waals surface area contributed by atoms with Crippen molar-refractivity contribution < 1.29 is 38.0 Å². The number of rotatable bonds is 15. The van der Waals surface area contributed by atoms with E-state index in [-0.39, 0.29) is 23.1 Å². The Morgan fingerprint density at radius 2 is 1.18 bits per heavy atom. The summed E-state index contributed by atoms with van der Waals surface area (Å²) in [6, 6.07) is 14.4. The van der Waals surface area contributed by atoms with Crippen molar-refractivity contribution in [3.8, 4) is 45.9 Å². The van der Waals surface area contributed by atoms with Gasteiger partial charge < -0.3 is 69.9 Å². The number of amides is 2. The predicted molar refractivity (Wildman–Crippen MR) is 264 cm³/mol. The lowest BCUT2D eigenvalue weighted by Crippen LogP contribution is -2.41. The third-order valence-electron chi connectivity index (χ3n) is 11.5. The number of hydrogen-bond acceptors (Lipinski definition) is 18. The number of nitrogens with two attached hydrogens (primary N) is 2. The van der Waals surface area contributed by atoms with Gasteiger partial charge in [0.2, 0.25) is 34.5 Å². The summed E-state index contributed by atoms with van der Waals surface area (Å²) >= 11 is 6.00. The molecule has 2 fully saturated rings. The van der Waals surface area contributed by atoms with Gasteiger partial charge in [0.1, 0.15) is 41.4 Å². The zero-order valence-corrected chi connectivity index (χ0v) is 40.5. The van der Waals surface area contributed by atoms with Crippen molar-refractivity contribution in [3.05, 3.63) is 91.3 Å². The maximum atomic E-state index is 11.9. The van der Waals surface area contributed by atoms with E-state index in [4.69, 9.17) is 56.5 Å². The van der Waals surface area contributed by atoms with Gasteiger partial charge in [-0.25, -0.2) is 19.0 Å². The van der Waals surface area contributed by atoms with Crippen LogP contribution in [0.4, 0.5) is 29.2 Å². The van der Waals surface area contributed by atoms with Gasteiger partial charge in [-0.3, -0.25) is 9.59 Å². The molecule has 25 heteroatoms. The van der Waals surface area contributed by atoms with Crippen molar-refractivity contribution in [1.29, 1.82) is 0 Å². The minimum Gasteiger partial charge on any atom is -0.493 e. The summed E-state index contributed by atoms with van der Waals surface area (Å²) in [5.41, 5.74) is 13.7. The minimum atomic E-state index is -0.421. The molecule has 2 aliphatic rings. The molecule has 0 bridgehead atoms. The average Bonchev–Trinajstić information content (AvgIpc) is 4.24. The molecular formula is C46H53ClN16O8. The highest BCUT2D eigenvalue weighted by molar-refractivity contribution is 6.28. The fourth-order valence-electron chi connectivity index (χ4n) is 8.10. The summed E-state index contributed by atoms with van der Waals surface area (Å²) in [5, 5.41) is 18.3. The number of carbonyl (C=O) groups excluding carboxylic acids is 2. The summed E-state index contributed by atoms with van der Waals surface area (Å²) in [6.07, 6.45) is 14.1. The van der Waals surface area contributed by atoms with Gasteiger partial charge in [-0.2, -0.15) is 9.97 Å². The second-order valence-corrected chi connectivity index (χ2v) is 16.2. The largest absolute Gasteiger partial charge is 0.493 e. The first-order valence-corrected chi connectivity index (χ1v) is 22.5. The molecule has 8 heterocycles. The molecule has 2 atom stereocenters. The number of anilines is 5. The highest BCUT2D eigenvalue weighted by Gasteiger charge is 2.32. The summed E-state index contributed by atoms with van der Waals surface area (Å²) in [6.45, 7) is 1.60. The van der Waals surface area contributed by atoms with E-state index in [9.17, 15) is 9.59 Å². The van der Waals surface area contributed by atoms with Gasteiger partial charge in [-0.1, -0.05) is 0 Å². The van der Waals surface area contributed by atoms with Crippen LogP contribution >= 0.6 is 11.6 Å². The van der Waals surface area contributed by atoms with Crippen LogP contribution in [0.3, 0.4) is 0 Å². The van der Waals surface area contributed by atoms with Crippen LogP contribution in [0.2, 0.25) is 5.28 Å². The summed E-state index contributed by atoms with van der Waals surface area (Å²) in [4.78, 5) is 41.9. The van der Waals surface area contributed by atoms with E-state index in [1.54, 1.807) is 70.5 Å². The van der Waals surface area contributed by atoms with Crippen LogP contribution in [0.15, 0.2) is 86.0 Å². The van der Waals surface area contributed by atoms with Crippen LogP contribution in [0.1, 0.15) is 25.7 Å². The third-order valence-corrected chi connectivity index (χ3v) is 11.7. The van der Waals surface area contributed by atoms with E-state index in [2.05, 4.69) is 41.1 Å². The Morgan fingerprint density at radius 1 is 0.676 bits per heavy atom. The number of hydrogen-bond donors (Lipinski definition) is 5. The fraction of sp³-hybridized carbons (Fsp3) is 0.304. The van der Waals surface area contributed by atoms with E-state index >= 15 is 0 Å². The summed E-state index contributed by atoms with van der Waals surface area (Å²) < 4.78 is 39.5. The molecule has 8 aromatic rings. The first-order valence-electron chi connectivity index (χ1n) is 22.1. The maximum Gasteiger partial charge on any atom is 0.246 e. The van der Waals surface area contributed by atoms with E-state index in [1.807, 2.05) is 81.2 Å². The highest BCUT2D eigenvalue weighted by Crippen LogP contribution is 2.41. The van der Waals surface area contributed by atoms with Gasteiger partial charge in [-0.15, -0.1) is 10.2 Å². The number of methoxy groups -OCH3 is 6. The predicted octanol–water partition coefficient (Wildman–Crippen LogP) is 4.70. The van der Waals surface area contributed by atoms with Gasteiger partial charge in [-0.05, 0) is 68.1 Å². The van der Waals surface area contributed by atoms with Crippen LogP contribution in [-0.4, -0.2) is 128 Å². The molecule has 0 aliphatic carbocycles. The zero-order valence-electron chi connectivity index (χ0n) is 39.7. The molecule has 2 aromatic carbocycles. The molecule has 24 nitrogen and oxygen atoms in total. The highest BCUT2D eigenvalue weighted by atomic mass is 35.5. The molecular weight excluding hydrogens is 940 g/mol. The van der Waals surface area contributed by atoms with Crippen molar-refractivity contribution in [2.45, 2.75) is 37.8 Å². The Balaban J connectivity index is 0.000000167. The Morgan fingerprint density at radius 3 is 1.62 bits per heavy atom. The molecule has 6 aromatic heterocycles. The van der Waals surface area contributed by atoms with E-state index in [1.165, 1.54) is 0 Å². The van der Waals surface area contributed by atoms with Crippen molar-refractivity contribution in [3.63, 3.8) is 0 Å². The second kappa shape index (κ2) is 21.8. The molecule has 0 spiro atoms. The lowest BCUT2D eigenvalue weighted by atomic mass is 10.2. The molecule has 2 amide bonds. The van der Waals surface area contributed by atoms with Crippen LogP contribution in [-0.2, 0) is 9.59 Å². The molecule has 0 saturated carbocycles. The number of nitrogens with one attached hydrogen (secondary N) is 3. The van der Waals surface area contributed by atoms with Crippen LogP contribution in [0.5, 0.6) is 34.5 Å². The van der Waals surface area contributed by atoms with Crippen LogP contribution in [0.25, 0.3) is 22.4 Å². The van der Waals surface area contributed by atoms with E-state index < -0.39 is 6.04 Å². The number of nitrogens with zero attached hydrogens (tertiary/aromatic N) is 11. The van der Waals surface area contributed by atoms with E-state index in [0.717, 1.165) is 48.2 Å². The molecule has 2 aliphatic heterocycles. The summed E-state index contributed by atoms with van der Waals surface area (Å²) in [7, 11) is 9.41. The Bertz CT molecular complexity index is 3100. The first-order chi connectivity index (χ1) is 34.4. The van der Waals surface area contributed by atoms with Crippen molar-refractivity contribution in [1.82, 2.24) is 53.6 Å². The first kappa shape index (κ1) is 48.9. The normalized spacial score (nSPS) is 15.1. The maximum absolute atomic E-state index is 11.9. The molecule has 71 heavy (non-hydrogen) atoms. The number of aromatic nitrogens is 10. The van der Waals surface area contributed by atoms with Gasteiger partial charge in [0.15, 0.2) is 34.6 Å². The molecule has 0 unspecified atom stereocenters. The Hall–Kier alpha value is -8.51. The lowest BCUT2D eigenvalue weighted by molar-refractivity contribution is -0.120. The fourth-order valence-corrected chi connectivity index (χ4v) is 8.26. The molecule has 372 valence electrons.